The quantitative estimate of drug-likeness (QED) is 0.742. The molecule has 0 spiro atoms. The summed E-state index contributed by atoms with van der Waals surface area (Å²) in [7, 11) is 0. The minimum atomic E-state index is 0.307. The molecule has 1 N–H and O–H groups in total. The Labute approximate surface area is 121 Å². The van der Waals surface area contributed by atoms with Crippen molar-refractivity contribution in [1.82, 2.24) is 10.2 Å². The van der Waals surface area contributed by atoms with Crippen LogP contribution in [0.4, 0.5) is 0 Å². The first-order valence-corrected chi connectivity index (χ1v) is 8.47. The van der Waals surface area contributed by atoms with Crippen LogP contribution in [0.1, 0.15) is 32.1 Å². The highest BCUT2D eigenvalue weighted by molar-refractivity contribution is 5.79. The summed E-state index contributed by atoms with van der Waals surface area (Å²) in [6.45, 7) is 4.22. The molecular weight excluding hydrogens is 248 g/mol. The van der Waals surface area contributed by atoms with Crippen LogP contribution in [0, 0.1) is 29.6 Å². The average Bonchev–Trinajstić information content (AvgIpc) is 2.57. The van der Waals surface area contributed by atoms with Gasteiger partial charge in [-0.15, -0.1) is 0 Å². The summed E-state index contributed by atoms with van der Waals surface area (Å²) < 4.78 is 0. The second-order valence-electron chi connectivity index (χ2n) is 7.45. The second-order valence-corrected chi connectivity index (χ2v) is 7.45. The van der Waals surface area contributed by atoms with Crippen LogP contribution in [-0.2, 0) is 4.79 Å². The van der Waals surface area contributed by atoms with Crippen molar-refractivity contribution in [3.63, 3.8) is 0 Å². The SMILES string of the molecule is O=C(C1CCCC2C=C[C@@H]2C1)N1CC2CNCC(C2)C1. The first-order valence-electron chi connectivity index (χ1n) is 8.47. The van der Waals surface area contributed by atoms with Gasteiger partial charge in [0.15, 0.2) is 0 Å². The fourth-order valence-corrected chi connectivity index (χ4v) is 4.80. The molecule has 2 aliphatic carbocycles. The molecule has 3 nitrogen and oxygen atoms in total. The summed E-state index contributed by atoms with van der Waals surface area (Å²) in [5.74, 6) is 3.68. The number of carbonyl (C=O) groups excluding carboxylic acids is 1. The smallest absolute Gasteiger partial charge is 0.225 e. The van der Waals surface area contributed by atoms with Crippen molar-refractivity contribution in [3.05, 3.63) is 12.2 Å². The standard InChI is InChI=1S/C17H26N2O/c20-17(16-3-1-2-14-4-5-15(14)7-16)19-10-12-6-13(11-19)9-18-8-12/h4-5,12-16,18H,1-3,6-11H2/t12?,13?,14?,15-,16?/m1/s1. The van der Waals surface area contributed by atoms with Crippen LogP contribution in [0.5, 0.6) is 0 Å². The molecule has 2 bridgehead atoms. The van der Waals surface area contributed by atoms with Crippen LogP contribution >= 0.6 is 0 Å². The van der Waals surface area contributed by atoms with Crippen LogP contribution in [-0.4, -0.2) is 37.0 Å². The van der Waals surface area contributed by atoms with Gasteiger partial charge in [0.1, 0.15) is 0 Å². The first-order chi connectivity index (χ1) is 9.79. The molecule has 1 amide bonds. The summed E-state index contributed by atoms with van der Waals surface area (Å²) in [5.41, 5.74) is 0. The van der Waals surface area contributed by atoms with E-state index in [0.29, 0.717) is 29.6 Å². The van der Waals surface area contributed by atoms with E-state index < -0.39 is 0 Å². The molecule has 0 radical (unpaired) electrons. The summed E-state index contributed by atoms with van der Waals surface area (Å²) in [6.07, 6.45) is 10.8. The third kappa shape index (κ3) is 2.30. The van der Waals surface area contributed by atoms with Crippen LogP contribution in [0.3, 0.4) is 0 Å². The minimum Gasteiger partial charge on any atom is -0.342 e. The first kappa shape index (κ1) is 12.9. The van der Waals surface area contributed by atoms with E-state index in [1.54, 1.807) is 0 Å². The highest BCUT2D eigenvalue weighted by Gasteiger charge is 2.38. The van der Waals surface area contributed by atoms with E-state index in [2.05, 4.69) is 22.4 Å². The van der Waals surface area contributed by atoms with Gasteiger partial charge >= 0.3 is 0 Å². The predicted molar refractivity (Wildman–Crippen MR) is 79.1 cm³/mol. The fraction of sp³-hybridized carbons (Fsp3) is 0.824. The largest absolute Gasteiger partial charge is 0.342 e. The second kappa shape index (κ2) is 5.18. The van der Waals surface area contributed by atoms with E-state index in [9.17, 15) is 4.79 Å². The van der Waals surface area contributed by atoms with Gasteiger partial charge in [0.05, 0.1) is 0 Å². The predicted octanol–water partition coefficient (Wildman–Crippen LogP) is 2.05. The fourth-order valence-electron chi connectivity index (χ4n) is 4.80. The molecule has 0 aromatic heterocycles. The Morgan fingerprint density at radius 3 is 2.45 bits per heavy atom. The summed E-state index contributed by atoms with van der Waals surface area (Å²) in [5, 5.41) is 3.51. The van der Waals surface area contributed by atoms with Crippen molar-refractivity contribution < 1.29 is 4.79 Å². The summed E-state index contributed by atoms with van der Waals surface area (Å²) in [6, 6.07) is 0. The van der Waals surface area contributed by atoms with Crippen molar-refractivity contribution in [2.75, 3.05) is 26.2 Å². The molecule has 0 aromatic carbocycles. The summed E-state index contributed by atoms with van der Waals surface area (Å²) >= 11 is 0. The molecular formula is C17H26N2O. The van der Waals surface area contributed by atoms with E-state index in [-0.39, 0.29) is 0 Å². The molecule has 2 heterocycles. The molecule has 20 heavy (non-hydrogen) atoms. The van der Waals surface area contributed by atoms with Crippen LogP contribution in [0.15, 0.2) is 12.2 Å². The Balaban J connectivity index is 1.42. The maximum absolute atomic E-state index is 12.9. The lowest BCUT2D eigenvalue weighted by Gasteiger charge is -2.43. The number of amides is 1. The van der Waals surface area contributed by atoms with Gasteiger partial charge in [-0.2, -0.15) is 0 Å². The van der Waals surface area contributed by atoms with Gasteiger partial charge in [-0.05, 0) is 62.4 Å². The Kier molecular flexibility index (Phi) is 3.33. The van der Waals surface area contributed by atoms with Crippen molar-refractivity contribution in [2.24, 2.45) is 29.6 Å². The van der Waals surface area contributed by atoms with Gasteiger partial charge in [-0.25, -0.2) is 0 Å². The number of allylic oxidation sites excluding steroid dienone is 2. The van der Waals surface area contributed by atoms with Gasteiger partial charge in [0, 0.05) is 19.0 Å². The molecule has 4 rings (SSSR count). The summed E-state index contributed by atoms with van der Waals surface area (Å²) in [4.78, 5) is 15.1. The number of rotatable bonds is 1. The topological polar surface area (TPSA) is 32.3 Å². The van der Waals surface area contributed by atoms with Crippen molar-refractivity contribution in [2.45, 2.75) is 32.1 Å². The lowest BCUT2D eigenvalue weighted by atomic mass is 9.77. The molecule has 3 fully saturated rings. The van der Waals surface area contributed by atoms with Gasteiger partial charge in [-0.3, -0.25) is 4.79 Å². The molecule has 110 valence electrons. The molecule has 2 saturated heterocycles. The van der Waals surface area contributed by atoms with Crippen LogP contribution in [0.2, 0.25) is 0 Å². The van der Waals surface area contributed by atoms with Crippen molar-refractivity contribution in [3.8, 4) is 0 Å². The number of fused-ring (bicyclic) bond motifs is 3. The monoisotopic (exact) mass is 274 g/mol. The Hall–Kier alpha value is -0.830. The van der Waals surface area contributed by atoms with E-state index >= 15 is 0 Å². The van der Waals surface area contributed by atoms with Crippen LogP contribution < -0.4 is 5.32 Å². The Bertz CT molecular complexity index is 407. The number of hydrogen-bond acceptors (Lipinski definition) is 2. The molecule has 4 aliphatic rings. The molecule has 4 unspecified atom stereocenters. The maximum Gasteiger partial charge on any atom is 0.225 e. The van der Waals surface area contributed by atoms with Crippen molar-refractivity contribution >= 4 is 5.91 Å². The normalized spacial score (nSPS) is 43.4. The number of piperidine rings is 2. The molecule has 2 aliphatic heterocycles. The van der Waals surface area contributed by atoms with Gasteiger partial charge in [-0.1, -0.05) is 18.6 Å². The van der Waals surface area contributed by atoms with Gasteiger partial charge in [0.2, 0.25) is 5.91 Å². The van der Waals surface area contributed by atoms with E-state index in [0.717, 1.165) is 44.9 Å². The lowest BCUT2D eigenvalue weighted by Crippen LogP contribution is -2.54. The average molecular weight is 274 g/mol. The molecule has 3 heteroatoms. The zero-order valence-electron chi connectivity index (χ0n) is 12.3. The number of nitrogens with zero attached hydrogens (tertiary/aromatic N) is 1. The van der Waals surface area contributed by atoms with E-state index in [4.69, 9.17) is 0 Å². The molecule has 5 atom stereocenters. The number of hydrogen-bond donors (Lipinski definition) is 1. The number of likely N-dealkylation sites (tertiary alicyclic amines) is 1. The Morgan fingerprint density at radius 2 is 1.75 bits per heavy atom. The highest BCUT2D eigenvalue weighted by Crippen LogP contribution is 2.40. The van der Waals surface area contributed by atoms with E-state index in [1.807, 2.05) is 0 Å². The third-order valence-corrected chi connectivity index (χ3v) is 5.95. The number of nitrogens with one attached hydrogen (secondary N) is 1. The highest BCUT2D eigenvalue weighted by atomic mass is 16.2. The lowest BCUT2D eigenvalue weighted by molar-refractivity contribution is -0.139. The maximum atomic E-state index is 12.9. The zero-order chi connectivity index (χ0) is 13.5. The van der Waals surface area contributed by atoms with Crippen molar-refractivity contribution in [1.29, 1.82) is 0 Å². The minimum absolute atomic E-state index is 0.307. The number of carbonyl (C=O) groups is 1. The van der Waals surface area contributed by atoms with Gasteiger partial charge < -0.3 is 10.2 Å². The molecule has 1 saturated carbocycles. The Morgan fingerprint density at radius 1 is 1.00 bits per heavy atom. The third-order valence-electron chi connectivity index (χ3n) is 5.95. The van der Waals surface area contributed by atoms with E-state index in [1.165, 1.54) is 19.3 Å². The zero-order valence-corrected chi connectivity index (χ0v) is 12.3. The van der Waals surface area contributed by atoms with Gasteiger partial charge in [0.25, 0.3) is 0 Å². The van der Waals surface area contributed by atoms with Crippen LogP contribution in [0.25, 0.3) is 0 Å². The molecule has 0 aromatic rings.